The predicted octanol–water partition coefficient (Wildman–Crippen LogP) is 2.12. The van der Waals surface area contributed by atoms with Gasteiger partial charge >= 0.3 is 0 Å². The SMILES string of the molecule is C#CCN(CCC)C(=O)c1cnc2ccccc2n1. The summed E-state index contributed by atoms with van der Waals surface area (Å²) in [5, 5.41) is 0. The minimum atomic E-state index is -0.168. The summed E-state index contributed by atoms with van der Waals surface area (Å²) in [6.45, 7) is 2.92. The van der Waals surface area contributed by atoms with Gasteiger partial charge in [0.1, 0.15) is 5.69 Å². The number of hydrogen-bond donors (Lipinski definition) is 0. The third kappa shape index (κ3) is 2.89. The van der Waals surface area contributed by atoms with Crippen molar-refractivity contribution in [3.63, 3.8) is 0 Å². The number of para-hydroxylation sites is 2. The summed E-state index contributed by atoms with van der Waals surface area (Å²) in [5.41, 5.74) is 1.82. The number of terminal acetylenes is 1. The highest BCUT2D eigenvalue weighted by atomic mass is 16.2. The second-order valence-corrected chi connectivity index (χ2v) is 4.17. The van der Waals surface area contributed by atoms with E-state index < -0.39 is 0 Å². The maximum atomic E-state index is 12.3. The largest absolute Gasteiger partial charge is 0.326 e. The number of carbonyl (C=O) groups excluding carboxylic acids is 1. The van der Waals surface area contributed by atoms with Gasteiger partial charge in [-0.25, -0.2) is 4.98 Å². The Morgan fingerprint density at radius 3 is 2.79 bits per heavy atom. The molecule has 1 heterocycles. The van der Waals surface area contributed by atoms with Crippen LogP contribution < -0.4 is 0 Å². The molecule has 96 valence electrons. The standard InChI is InChI=1S/C15H15N3O/c1-3-9-18(10-4-2)15(19)14-11-16-12-7-5-6-8-13(12)17-14/h1,5-8,11H,4,9-10H2,2H3. The second kappa shape index (κ2) is 5.96. The van der Waals surface area contributed by atoms with Crippen LogP contribution in [0.5, 0.6) is 0 Å². The van der Waals surface area contributed by atoms with Crippen molar-refractivity contribution in [3.05, 3.63) is 36.2 Å². The number of amides is 1. The third-order valence-electron chi connectivity index (χ3n) is 2.73. The van der Waals surface area contributed by atoms with E-state index in [1.165, 1.54) is 6.20 Å². The van der Waals surface area contributed by atoms with Crippen molar-refractivity contribution < 1.29 is 4.79 Å². The Balaban J connectivity index is 2.32. The highest BCUT2D eigenvalue weighted by Crippen LogP contribution is 2.10. The van der Waals surface area contributed by atoms with Crippen LogP contribution in [0, 0.1) is 12.3 Å². The summed E-state index contributed by atoms with van der Waals surface area (Å²) < 4.78 is 0. The van der Waals surface area contributed by atoms with Gasteiger partial charge in [0.25, 0.3) is 5.91 Å². The fourth-order valence-corrected chi connectivity index (χ4v) is 1.85. The zero-order valence-corrected chi connectivity index (χ0v) is 10.8. The number of fused-ring (bicyclic) bond motifs is 1. The van der Waals surface area contributed by atoms with Crippen LogP contribution in [0.2, 0.25) is 0 Å². The molecular weight excluding hydrogens is 238 g/mol. The zero-order valence-electron chi connectivity index (χ0n) is 10.8. The van der Waals surface area contributed by atoms with Gasteiger partial charge in [0, 0.05) is 6.54 Å². The number of carbonyl (C=O) groups is 1. The van der Waals surface area contributed by atoms with Crippen molar-refractivity contribution in [1.82, 2.24) is 14.9 Å². The van der Waals surface area contributed by atoms with Crippen LogP contribution in [0.3, 0.4) is 0 Å². The van der Waals surface area contributed by atoms with Crippen LogP contribution in [0.25, 0.3) is 11.0 Å². The van der Waals surface area contributed by atoms with E-state index in [4.69, 9.17) is 6.42 Å². The van der Waals surface area contributed by atoms with Gasteiger partial charge in [-0.1, -0.05) is 25.0 Å². The number of benzene rings is 1. The van der Waals surface area contributed by atoms with Crippen molar-refractivity contribution in [3.8, 4) is 12.3 Å². The molecule has 0 unspecified atom stereocenters. The Bertz CT molecular complexity index is 631. The maximum Gasteiger partial charge on any atom is 0.274 e. The van der Waals surface area contributed by atoms with E-state index in [-0.39, 0.29) is 5.91 Å². The Kier molecular flexibility index (Phi) is 4.09. The molecule has 2 rings (SSSR count). The van der Waals surface area contributed by atoms with Crippen molar-refractivity contribution in [2.24, 2.45) is 0 Å². The topological polar surface area (TPSA) is 46.1 Å². The van der Waals surface area contributed by atoms with E-state index >= 15 is 0 Å². The van der Waals surface area contributed by atoms with E-state index in [9.17, 15) is 4.79 Å². The molecule has 4 heteroatoms. The molecule has 0 aliphatic rings. The molecule has 0 aliphatic heterocycles. The number of nitrogens with zero attached hydrogens (tertiary/aromatic N) is 3. The maximum absolute atomic E-state index is 12.3. The number of hydrogen-bond acceptors (Lipinski definition) is 3. The molecule has 0 radical (unpaired) electrons. The smallest absolute Gasteiger partial charge is 0.274 e. The lowest BCUT2D eigenvalue weighted by Crippen LogP contribution is -2.32. The summed E-state index contributed by atoms with van der Waals surface area (Å²) in [7, 11) is 0. The molecule has 2 aromatic rings. The summed E-state index contributed by atoms with van der Waals surface area (Å²) in [5.74, 6) is 2.33. The van der Waals surface area contributed by atoms with Gasteiger partial charge in [-0.15, -0.1) is 6.42 Å². The van der Waals surface area contributed by atoms with Crippen LogP contribution in [0.4, 0.5) is 0 Å². The van der Waals surface area contributed by atoms with Gasteiger partial charge in [0.15, 0.2) is 0 Å². The van der Waals surface area contributed by atoms with Crippen LogP contribution in [0.15, 0.2) is 30.5 Å². The first-order valence-electron chi connectivity index (χ1n) is 6.20. The minimum Gasteiger partial charge on any atom is -0.326 e. The highest BCUT2D eigenvalue weighted by Gasteiger charge is 2.16. The first kappa shape index (κ1) is 13.0. The van der Waals surface area contributed by atoms with Gasteiger partial charge in [0.2, 0.25) is 0 Å². The first-order valence-corrected chi connectivity index (χ1v) is 6.20. The lowest BCUT2D eigenvalue weighted by Gasteiger charge is -2.18. The highest BCUT2D eigenvalue weighted by molar-refractivity contribution is 5.93. The van der Waals surface area contributed by atoms with Crippen molar-refractivity contribution in [2.45, 2.75) is 13.3 Å². The average Bonchev–Trinajstić information content (AvgIpc) is 2.46. The average molecular weight is 253 g/mol. The molecule has 19 heavy (non-hydrogen) atoms. The molecule has 0 N–H and O–H groups in total. The van der Waals surface area contributed by atoms with Gasteiger partial charge in [-0.05, 0) is 18.6 Å². The molecule has 1 aromatic heterocycles. The third-order valence-corrected chi connectivity index (χ3v) is 2.73. The van der Waals surface area contributed by atoms with E-state index in [0.717, 1.165) is 11.9 Å². The van der Waals surface area contributed by atoms with Crippen LogP contribution >= 0.6 is 0 Å². The van der Waals surface area contributed by atoms with Gasteiger partial charge in [0.05, 0.1) is 23.8 Å². The van der Waals surface area contributed by atoms with Crippen LogP contribution in [0.1, 0.15) is 23.8 Å². The van der Waals surface area contributed by atoms with Crippen molar-refractivity contribution >= 4 is 16.9 Å². The molecule has 0 fully saturated rings. The molecule has 1 amide bonds. The number of rotatable bonds is 4. The Labute approximate surface area is 112 Å². The van der Waals surface area contributed by atoms with E-state index in [2.05, 4.69) is 15.9 Å². The van der Waals surface area contributed by atoms with E-state index in [1.807, 2.05) is 31.2 Å². The lowest BCUT2D eigenvalue weighted by molar-refractivity contribution is 0.0771. The van der Waals surface area contributed by atoms with E-state index in [1.54, 1.807) is 4.90 Å². The lowest BCUT2D eigenvalue weighted by atomic mass is 10.2. The van der Waals surface area contributed by atoms with Crippen LogP contribution in [-0.2, 0) is 0 Å². The zero-order chi connectivity index (χ0) is 13.7. The Morgan fingerprint density at radius 1 is 1.37 bits per heavy atom. The Morgan fingerprint density at radius 2 is 2.11 bits per heavy atom. The molecule has 1 aromatic carbocycles. The van der Waals surface area contributed by atoms with Crippen molar-refractivity contribution in [1.29, 1.82) is 0 Å². The summed E-state index contributed by atoms with van der Waals surface area (Å²) in [6.07, 6.45) is 7.65. The van der Waals surface area contributed by atoms with Crippen molar-refractivity contribution in [2.75, 3.05) is 13.1 Å². The van der Waals surface area contributed by atoms with E-state index in [0.29, 0.717) is 24.3 Å². The molecule has 0 atom stereocenters. The quantitative estimate of drug-likeness (QED) is 0.784. The predicted molar refractivity (Wildman–Crippen MR) is 74.6 cm³/mol. The normalized spacial score (nSPS) is 10.1. The minimum absolute atomic E-state index is 0.168. The second-order valence-electron chi connectivity index (χ2n) is 4.17. The molecular formula is C15H15N3O. The number of aromatic nitrogens is 2. The molecule has 0 saturated carbocycles. The molecule has 0 bridgehead atoms. The van der Waals surface area contributed by atoms with Gasteiger partial charge in [-0.2, -0.15) is 0 Å². The first-order chi connectivity index (χ1) is 9.26. The molecule has 0 aliphatic carbocycles. The molecule has 4 nitrogen and oxygen atoms in total. The summed E-state index contributed by atoms with van der Waals surface area (Å²) >= 11 is 0. The van der Waals surface area contributed by atoms with Gasteiger partial charge < -0.3 is 4.90 Å². The van der Waals surface area contributed by atoms with Crippen LogP contribution in [-0.4, -0.2) is 33.9 Å². The monoisotopic (exact) mass is 253 g/mol. The molecule has 0 spiro atoms. The summed E-state index contributed by atoms with van der Waals surface area (Å²) in [6, 6.07) is 7.46. The fourth-order valence-electron chi connectivity index (χ4n) is 1.85. The Hall–Kier alpha value is -2.41. The fraction of sp³-hybridized carbons (Fsp3) is 0.267. The molecule has 0 saturated heterocycles. The summed E-state index contributed by atoms with van der Waals surface area (Å²) in [4.78, 5) is 22.5. The van der Waals surface area contributed by atoms with Gasteiger partial charge in [-0.3, -0.25) is 9.78 Å².